The fourth-order valence-corrected chi connectivity index (χ4v) is 2.31. The third kappa shape index (κ3) is 4.92. The van der Waals surface area contributed by atoms with E-state index >= 15 is 0 Å². The lowest BCUT2D eigenvalue weighted by molar-refractivity contribution is 0.306. The van der Waals surface area contributed by atoms with E-state index in [1.54, 1.807) is 6.07 Å². The second-order valence-corrected chi connectivity index (χ2v) is 5.55. The van der Waals surface area contributed by atoms with Crippen LogP contribution in [0.5, 0.6) is 5.75 Å². The monoisotopic (exact) mass is 323 g/mol. The molecule has 0 amide bonds. The molecule has 0 heterocycles. The lowest BCUT2D eigenvalue weighted by atomic mass is 10.1. The van der Waals surface area contributed by atoms with E-state index in [0.29, 0.717) is 22.4 Å². The summed E-state index contributed by atoms with van der Waals surface area (Å²) in [5.41, 5.74) is 2.43. The maximum Gasteiger partial charge on any atom is 0.139 e. The summed E-state index contributed by atoms with van der Waals surface area (Å²) in [6, 6.07) is 13.8. The summed E-state index contributed by atoms with van der Waals surface area (Å²) in [6.07, 6.45) is 1.04. The number of benzene rings is 2. The van der Waals surface area contributed by atoms with Crippen LogP contribution in [0.25, 0.3) is 0 Å². The first-order chi connectivity index (χ1) is 10.2. The Labute approximate surface area is 136 Å². The lowest BCUT2D eigenvalue weighted by Gasteiger charge is -2.09. The predicted octanol–water partition coefficient (Wildman–Crippen LogP) is 4.72. The van der Waals surface area contributed by atoms with Crippen LogP contribution in [-0.2, 0) is 13.0 Å². The third-order valence-electron chi connectivity index (χ3n) is 3.17. The lowest BCUT2D eigenvalue weighted by Crippen LogP contribution is -2.15. The van der Waals surface area contributed by atoms with E-state index in [0.717, 1.165) is 25.1 Å². The molecular formula is C17H19Cl2NO. The second-order valence-electron chi connectivity index (χ2n) is 4.76. The molecule has 0 radical (unpaired) electrons. The van der Waals surface area contributed by atoms with Crippen LogP contribution in [0.1, 0.15) is 18.1 Å². The first-order valence-electron chi connectivity index (χ1n) is 7.06. The van der Waals surface area contributed by atoms with Gasteiger partial charge >= 0.3 is 0 Å². The summed E-state index contributed by atoms with van der Waals surface area (Å²) in [7, 11) is 0. The molecule has 2 nitrogen and oxygen atoms in total. The van der Waals surface area contributed by atoms with Gasteiger partial charge < -0.3 is 10.1 Å². The van der Waals surface area contributed by atoms with Gasteiger partial charge in [-0.3, -0.25) is 0 Å². The molecule has 2 rings (SSSR count). The van der Waals surface area contributed by atoms with Crippen molar-refractivity contribution in [3.05, 3.63) is 63.6 Å². The minimum absolute atomic E-state index is 0.460. The number of ether oxygens (including phenoxy) is 1. The standard InChI is InChI=1S/C17H19Cl2NO/c1-2-20-11-10-13-6-8-14(9-7-13)12-21-16-5-3-4-15(18)17(16)19/h3-9,20H,2,10-12H2,1H3. The number of halogens is 2. The molecule has 0 aliphatic carbocycles. The van der Waals surface area contributed by atoms with Gasteiger partial charge in [0.2, 0.25) is 0 Å². The number of nitrogens with one attached hydrogen (secondary N) is 1. The average Bonchev–Trinajstić information content (AvgIpc) is 2.50. The van der Waals surface area contributed by atoms with Crippen molar-refractivity contribution >= 4 is 23.2 Å². The molecule has 0 saturated carbocycles. The Morgan fingerprint density at radius 2 is 1.71 bits per heavy atom. The van der Waals surface area contributed by atoms with Crippen molar-refractivity contribution in [2.24, 2.45) is 0 Å². The predicted molar refractivity (Wildman–Crippen MR) is 89.5 cm³/mol. The maximum atomic E-state index is 6.09. The van der Waals surface area contributed by atoms with Gasteiger partial charge in [0.25, 0.3) is 0 Å². The highest BCUT2D eigenvalue weighted by atomic mass is 35.5. The molecule has 4 heteroatoms. The summed E-state index contributed by atoms with van der Waals surface area (Å²) in [5, 5.41) is 4.28. The Balaban J connectivity index is 1.90. The number of hydrogen-bond acceptors (Lipinski definition) is 2. The molecule has 0 aliphatic heterocycles. The van der Waals surface area contributed by atoms with E-state index in [9.17, 15) is 0 Å². The van der Waals surface area contributed by atoms with Crippen molar-refractivity contribution in [3.8, 4) is 5.75 Å². The molecule has 0 saturated heterocycles. The van der Waals surface area contributed by atoms with Gasteiger partial charge in [0, 0.05) is 0 Å². The van der Waals surface area contributed by atoms with Gasteiger partial charge in [-0.25, -0.2) is 0 Å². The topological polar surface area (TPSA) is 21.3 Å². The minimum atomic E-state index is 0.460. The zero-order chi connectivity index (χ0) is 15.1. The van der Waals surface area contributed by atoms with Crippen molar-refractivity contribution in [1.82, 2.24) is 5.32 Å². The molecule has 0 spiro atoms. The smallest absolute Gasteiger partial charge is 0.139 e. The summed E-state index contributed by atoms with van der Waals surface area (Å²) in [6.45, 7) is 4.60. The Bertz CT molecular complexity index is 570. The van der Waals surface area contributed by atoms with Crippen molar-refractivity contribution in [2.45, 2.75) is 20.0 Å². The van der Waals surface area contributed by atoms with E-state index in [1.807, 2.05) is 12.1 Å². The molecule has 0 unspecified atom stereocenters. The average molecular weight is 324 g/mol. The van der Waals surface area contributed by atoms with Gasteiger partial charge in [0.15, 0.2) is 0 Å². The Morgan fingerprint density at radius 1 is 1.00 bits per heavy atom. The van der Waals surface area contributed by atoms with Gasteiger partial charge in [-0.15, -0.1) is 0 Å². The Kier molecular flexibility index (Phi) is 6.37. The first-order valence-corrected chi connectivity index (χ1v) is 7.81. The molecule has 0 bridgehead atoms. The third-order valence-corrected chi connectivity index (χ3v) is 3.98. The molecule has 21 heavy (non-hydrogen) atoms. The highest BCUT2D eigenvalue weighted by molar-refractivity contribution is 6.42. The molecule has 2 aromatic carbocycles. The fraction of sp³-hybridized carbons (Fsp3) is 0.294. The maximum absolute atomic E-state index is 6.09. The SMILES string of the molecule is CCNCCc1ccc(COc2cccc(Cl)c2Cl)cc1. The van der Waals surface area contributed by atoms with Crippen molar-refractivity contribution in [3.63, 3.8) is 0 Å². The van der Waals surface area contributed by atoms with Gasteiger partial charge in [-0.2, -0.15) is 0 Å². The minimum Gasteiger partial charge on any atom is -0.487 e. The van der Waals surface area contributed by atoms with Crippen LogP contribution in [0.3, 0.4) is 0 Å². The Morgan fingerprint density at radius 3 is 2.43 bits per heavy atom. The van der Waals surface area contributed by atoms with E-state index in [4.69, 9.17) is 27.9 Å². The van der Waals surface area contributed by atoms with Gasteiger partial charge in [0.05, 0.1) is 5.02 Å². The van der Waals surface area contributed by atoms with E-state index in [-0.39, 0.29) is 0 Å². The van der Waals surface area contributed by atoms with Crippen LogP contribution < -0.4 is 10.1 Å². The highest BCUT2D eigenvalue weighted by Gasteiger charge is 2.05. The zero-order valence-corrected chi connectivity index (χ0v) is 13.5. The molecule has 112 valence electrons. The number of rotatable bonds is 7. The second kappa shape index (κ2) is 8.28. The van der Waals surface area contributed by atoms with Crippen LogP contribution in [0.4, 0.5) is 0 Å². The normalized spacial score (nSPS) is 10.6. The van der Waals surface area contributed by atoms with Crippen LogP contribution >= 0.6 is 23.2 Å². The zero-order valence-electron chi connectivity index (χ0n) is 12.0. The van der Waals surface area contributed by atoms with Crippen molar-refractivity contribution in [1.29, 1.82) is 0 Å². The highest BCUT2D eigenvalue weighted by Crippen LogP contribution is 2.31. The van der Waals surface area contributed by atoms with Crippen LogP contribution in [0.15, 0.2) is 42.5 Å². The van der Waals surface area contributed by atoms with Gasteiger partial charge in [-0.1, -0.05) is 60.5 Å². The number of hydrogen-bond donors (Lipinski definition) is 1. The molecule has 2 aromatic rings. The molecule has 0 aromatic heterocycles. The summed E-state index contributed by atoms with van der Waals surface area (Å²) < 4.78 is 5.71. The van der Waals surface area contributed by atoms with Gasteiger partial charge in [-0.05, 0) is 42.8 Å². The summed E-state index contributed by atoms with van der Waals surface area (Å²) in [5.74, 6) is 0.611. The molecule has 0 fully saturated rings. The van der Waals surface area contributed by atoms with Crippen molar-refractivity contribution in [2.75, 3.05) is 13.1 Å². The first kappa shape index (κ1) is 16.2. The van der Waals surface area contributed by atoms with Crippen LogP contribution in [0, 0.1) is 0 Å². The summed E-state index contributed by atoms with van der Waals surface area (Å²) >= 11 is 12.1. The molecule has 1 N–H and O–H groups in total. The Hall–Kier alpha value is -1.22. The largest absolute Gasteiger partial charge is 0.487 e. The molecular weight excluding hydrogens is 305 g/mol. The quantitative estimate of drug-likeness (QED) is 0.744. The van der Waals surface area contributed by atoms with E-state index in [1.165, 1.54) is 5.56 Å². The van der Waals surface area contributed by atoms with Gasteiger partial charge in [0.1, 0.15) is 17.4 Å². The van der Waals surface area contributed by atoms with Crippen LogP contribution in [0.2, 0.25) is 10.0 Å². The fourth-order valence-electron chi connectivity index (χ4n) is 1.97. The molecule has 0 aliphatic rings. The van der Waals surface area contributed by atoms with Crippen LogP contribution in [-0.4, -0.2) is 13.1 Å². The summed E-state index contributed by atoms with van der Waals surface area (Å²) in [4.78, 5) is 0. The van der Waals surface area contributed by atoms with E-state index in [2.05, 4.69) is 36.5 Å². The molecule has 0 atom stereocenters. The van der Waals surface area contributed by atoms with E-state index < -0.39 is 0 Å². The van der Waals surface area contributed by atoms with Crippen molar-refractivity contribution < 1.29 is 4.74 Å². The number of likely N-dealkylation sites (N-methyl/N-ethyl adjacent to an activating group) is 1.